The fraction of sp³-hybridized carbons (Fsp3) is 0.333. The SMILES string of the molecule is COc1cc(-c2cc(F)cc(C(C)(C)F)c2CC(=O)NS(=O)(=O)c2cc(C(C)(C)O)cs2)ccn1. The van der Waals surface area contributed by atoms with Crippen LogP contribution in [0, 0.1) is 5.82 Å². The molecule has 7 nitrogen and oxygen atoms in total. The second-order valence-electron chi connectivity index (χ2n) is 8.96. The lowest BCUT2D eigenvalue weighted by Crippen LogP contribution is -2.32. The average Bonchev–Trinajstić information content (AvgIpc) is 3.25. The van der Waals surface area contributed by atoms with Crippen molar-refractivity contribution in [3.63, 3.8) is 0 Å². The van der Waals surface area contributed by atoms with Crippen LogP contribution in [-0.2, 0) is 32.5 Å². The molecule has 2 aromatic heterocycles. The van der Waals surface area contributed by atoms with Crippen molar-refractivity contribution in [1.82, 2.24) is 9.71 Å². The van der Waals surface area contributed by atoms with E-state index < -0.39 is 39.4 Å². The molecule has 0 spiro atoms. The Hall–Kier alpha value is -2.89. The van der Waals surface area contributed by atoms with Gasteiger partial charge in [-0.05, 0) is 85.2 Å². The van der Waals surface area contributed by atoms with Crippen molar-refractivity contribution in [3.8, 4) is 17.0 Å². The number of carbonyl (C=O) groups excluding carboxylic acids is 1. The predicted molar refractivity (Wildman–Crippen MR) is 129 cm³/mol. The van der Waals surface area contributed by atoms with E-state index in [0.717, 1.165) is 23.5 Å². The van der Waals surface area contributed by atoms with Crippen LogP contribution in [0.2, 0.25) is 0 Å². The molecule has 2 heterocycles. The van der Waals surface area contributed by atoms with Gasteiger partial charge < -0.3 is 9.84 Å². The van der Waals surface area contributed by atoms with Crippen molar-refractivity contribution >= 4 is 27.3 Å². The minimum atomic E-state index is -4.25. The van der Waals surface area contributed by atoms with E-state index in [0.29, 0.717) is 11.1 Å². The molecule has 1 amide bonds. The number of nitrogens with zero attached hydrogens (tertiary/aromatic N) is 1. The number of pyridine rings is 1. The van der Waals surface area contributed by atoms with Gasteiger partial charge in [-0.1, -0.05) is 0 Å². The lowest BCUT2D eigenvalue weighted by molar-refractivity contribution is -0.118. The molecule has 0 radical (unpaired) electrons. The van der Waals surface area contributed by atoms with Gasteiger partial charge in [-0.15, -0.1) is 11.3 Å². The van der Waals surface area contributed by atoms with Gasteiger partial charge >= 0.3 is 0 Å². The van der Waals surface area contributed by atoms with E-state index in [-0.39, 0.29) is 26.8 Å². The number of rotatable bonds is 8. The topological polar surface area (TPSA) is 106 Å². The summed E-state index contributed by atoms with van der Waals surface area (Å²) < 4.78 is 62.1. The van der Waals surface area contributed by atoms with Gasteiger partial charge in [0.25, 0.3) is 10.0 Å². The summed E-state index contributed by atoms with van der Waals surface area (Å²) in [6.07, 6.45) is 0.885. The van der Waals surface area contributed by atoms with Crippen LogP contribution in [0.1, 0.15) is 44.4 Å². The zero-order valence-electron chi connectivity index (χ0n) is 19.8. The zero-order chi connectivity index (χ0) is 26.2. The minimum absolute atomic E-state index is 0.0868. The molecule has 188 valence electrons. The lowest BCUT2D eigenvalue weighted by atomic mass is 9.87. The number of aromatic nitrogens is 1. The highest BCUT2D eigenvalue weighted by Gasteiger charge is 2.29. The molecule has 0 fully saturated rings. The fourth-order valence-corrected chi connectivity index (χ4v) is 5.80. The first-order chi connectivity index (χ1) is 16.1. The van der Waals surface area contributed by atoms with Crippen molar-refractivity contribution in [2.24, 2.45) is 0 Å². The molecule has 2 N–H and O–H groups in total. The first-order valence-electron chi connectivity index (χ1n) is 10.5. The van der Waals surface area contributed by atoms with Gasteiger partial charge in [0, 0.05) is 12.3 Å². The lowest BCUT2D eigenvalue weighted by Gasteiger charge is -2.22. The van der Waals surface area contributed by atoms with Gasteiger partial charge in [-0.2, -0.15) is 0 Å². The molecule has 0 atom stereocenters. The summed E-state index contributed by atoms with van der Waals surface area (Å²) in [6, 6.07) is 6.48. The molecule has 0 aliphatic rings. The number of hydrogen-bond acceptors (Lipinski definition) is 7. The Bertz CT molecular complexity index is 1360. The fourth-order valence-electron chi connectivity index (χ4n) is 3.48. The Morgan fingerprint density at radius 2 is 1.89 bits per heavy atom. The highest BCUT2D eigenvalue weighted by Crippen LogP contribution is 2.36. The standard InChI is InChI=1S/C24H26F2N2O5S2/c1-23(2,26)19-11-16(25)10-17(14-6-7-27-21(8-14)33-5)18(19)12-20(29)28-35(31,32)22-9-15(13-34-22)24(3,4)30/h6-11,13,30H,12H2,1-5H3,(H,28,29). The molecule has 0 saturated carbocycles. The number of sulfonamides is 1. The number of aliphatic hydroxyl groups is 1. The minimum Gasteiger partial charge on any atom is -0.481 e. The maximum Gasteiger partial charge on any atom is 0.273 e. The van der Waals surface area contributed by atoms with E-state index in [9.17, 15) is 22.7 Å². The Morgan fingerprint density at radius 1 is 1.20 bits per heavy atom. The Kier molecular flexibility index (Phi) is 7.35. The first-order valence-corrected chi connectivity index (χ1v) is 12.9. The van der Waals surface area contributed by atoms with Crippen molar-refractivity contribution in [1.29, 1.82) is 0 Å². The number of benzene rings is 1. The number of ether oxygens (including phenoxy) is 1. The summed E-state index contributed by atoms with van der Waals surface area (Å²) in [7, 11) is -2.85. The van der Waals surface area contributed by atoms with Crippen LogP contribution in [0.3, 0.4) is 0 Å². The van der Waals surface area contributed by atoms with Crippen molar-refractivity contribution in [2.75, 3.05) is 7.11 Å². The van der Waals surface area contributed by atoms with Gasteiger partial charge in [0.2, 0.25) is 11.8 Å². The molecule has 0 bridgehead atoms. The maximum absolute atomic E-state index is 15.1. The monoisotopic (exact) mass is 524 g/mol. The molecule has 0 saturated heterocycles. The maximum atomic E-state index is 15.1. The van der Waals surface area contributed by atoms with Crippen LogP contribution in [0.5, 0.6) is 5.88 Å². The number of thiophene rings is 1. The Balaban J connectivity index is 2.02. The van der Waals surface area contributed by atoms with E-state index in [1.807, 2.05) is 4.72 Å². The van der Waals surface area contributed by atoms with E-state index in [1.165, 1.54) is 58.5 Å². The summed E-state index contributed by atoms with van der Waals surface area (Å²) in [5.41, 5.74) is -2.24. The number of amides is 1. The average molecular weight is 525 g/mol. The molecule has 1 aromatic carbocycles. The molecule has 0 unspecified atom stereocenters. The normalized spacial score (nSPS) is 12.5. The van der Waals surface area contributed by atoms with Gasteiger partial charge in [0.05, 0.1) is 19.1 Å². The third-order valence-corrected chi connectivity index (χ3v) is 8.06. The van der Waals surface area contributed by atoms with Gasteiger partial charge in [0.15, 0.2) is 0 Å². The molecule has 3 aromatic rings. The van der Waals surface area contributed by atoms with Crippen LogP contribution < -0.4 is 9.46 Å². The third-order valence-electron chi connectivity index (χ3n) is 5.24. The number of hydrogen-bond donors (Lipinski definition) is 2. The Labute approximate surface area is 206 Å². The summed E-state index contributed by atoms with van der Waals surface area (Å²) in [5.74, 6) is -1.42. The third kappa shape index (κ3) is 6.22. The number of alkyl halides is 1. The summed E-state index contributed by atoms with van der Waals surface area (Å²) in [4.78, 5) is 16.9. The van der Waals surface area contributed by atoms with Crippen LogP contribution in [-0.4, -0.2) is 31.5 Å². The Morgan fingerprint density at radius 3 is 2.46 bits per heavy atom. The molecule has 0 aliphatic heterocycles. The second kappa shape index (κ2) is 9.63. The molecular formula is C24H26F2N2O5S2. The number of halogens is 2. The summed E-state index contributed by atoms with van der Waals surface area (Å²) in [5, 5.41) is 11.6. The number of methoxy groups -OCH3 is 1. The van der Waals surface area contributed by atoms with E-state index in [2.05, 4.69) is 4.98 Å². The summed E-state index contributed by atoms with van der Waals surface area (Å²) in [6.45, 7) is 5.46. The van der Waals surface area contributed by atoms with Crippen molar-refractivity contribution in [3.05, 3.63) is 64.4 Å². The molecule has 35 heavy (non-hydrogen) atoms. The van der Waals surface area contributed by atoms with Crippen molar-refractivity contribution in [2.45, 2.75) is 49.6 Å². The molecule has 11 heteroatoms. The number of nitrogens with one attached hydrogen (secondary N) is 1. The highest BCUT2D eigenvalue weighted by molar-refractivity contribution is 7.92. The largest absolute Gasteiger partial charge is 0.481 e. The van der Waals surface area contributed by atoms with E-state index in [1.54, 1.807) is 6.07 Å². The van der Waals surface area contributed by atoms with Crippen LogP contribution in [0.15, 0.2) is 46.1 Å². The van der Waals surface area contributed by atoms with Gasteiger partial charge in [0.1, 0.15) is 15.7 Å². The molecule has 0 aliphatic carbocycles. The first kappa shape index (κ1) is 26.7. The van der Waals surface area contributed by atoms with Crippen LogP contribution in [0.25, 0.3) is 11.1 Å². The van der Waals surface area contributed by atoms with Gasteiger partial charge in [-0.25, -0.2) is 26.9 Å². The highest BCUT2D eigenvalue weighted by atomic mass is 32.2. The van der Waals surface area contributed by atoms with Gasteiger partial charge in [-0.3, -0.25) is 4.79 Å². The van der Waals surface area contributed by atoms with Crippen LogP contribution >= 0.6 is 11.3 Å². The quantitative estimate of drug-likeness (QED) is 0.452. The molecule has 3 rings (SSSR count). The number of carbonyl (C=O) groups is 1. The zero-order valence-corrected chi connectivity index (χ0v) is 21.5. The predicted octanol–water partition coefficient (Wildman–Crippen LogP) is 4.44. The summed E-state index contributed by atoms with van der Waals surface area (Å²) >= 11 is 0.852. The second-order valence-corrected chi connectivity index (χ2v) is 11.8. The smallest absolute Gasteiger partial charge is 0.273 e. The van der Waals surface area contributed by atoms with Crippen LogP contribution in [0.4, 0.5) is 8.78 Å². The molecular weight excluding hydrogens is 498 g/mol. The van der Waals surface area contributed by atoms with E-state index in [4.69, 9.17) is 4.74 Å². The van der Waals surface area contributed by atoms with E-state index >= 15 is 4.39 Å². The van der Waals surface area contributed by atoms with Crippen molar-refractivity contribution < 1.29 is 31.8 Å².